The lowest BCUT2D eigenvalue weighted by Crippen LogP contribution is -2.26. The van der Waals surface area contributed by atoms with Crippen LogP contribution in [0.25, 0.3) is 11.1 Å². The lowest BCUT2D eigenvalue weighted by molar-refractivity contribution is 0.0754. The lowest BCUT2D eigenvalue weighted by Gasteiger charge is -2.21. The van der Waals surface area contributed by atoms with Crippen LogP contribution in [0.15, 0.2) is 65.3 Å². The molecule has 0 atom stereocenters. The number of rotatable bonds is 4. The second-order valence-corrected chi connectivity index (χ2v) is 6.17. The van der Waals surface area contributed by atoms with Crippen molar-refractivity contribution in [3.8, 4) is 22.6 Å². The number of hydrogen-bond acceptors (Lipinski definition) is 4. The largest absolute Gasteiger partial charge is 0.486 e. The van der Waals surface area contributed by atoms with Gasteiger partial charge in [0.15, 0.2) is 17.3 Å². The van der Waals surface area contributed by atoms with Crippen molar-refractivity contribution in [2.24, 2.45) is 0 Å². The number of furan rings is 1. The molecule has 0 spiro atoms. The molecule has 2 aromatic carbocycles. The van der Waals surface area contributed by atoms with E-state index in [2.05, 4.69) is 0 Å². The van der Waals surface area contributed by atoms with Gasteiger partial charge in [0.25, 0.3) is 5.91 Å². The summed E-state index contributed by atoms with van der Waals surface area (Å²) in [5.74, 6) is 1.64. The highest BCUT2D eigenvalue weighted by atomic mass is 16.6. The molecule has 0 unspecified atom stereocenters. The fourth-order valence-corrected chi connectivity index (χ4v) is 3.03. The van der Waals surface area contributed by atoms with E-state index in [0.29, 0.717) is 25.5 Å². The van der Waals surface area contributed by atoms with Gasteiger partial charge in [-0.1, -0.05) is 36.4 Å². The molecule has 3 aromatic rings. The Balaban J connectivity index is 1.53. The summed E-state index contributed by atoms with van der Waals surface area (Å²) >= 11 is 0. The Labute approximate surface area is 151 Å². The van der Waals surface area contributed by atoms with Crippen molar-refractivity contribution in [1.29, 1.82) is 0 Å². The third-order valence-electron chi connectivity index (χ3n) is 4.32. The van der Waals surface area contributed by atoms with Gasteiger partial charge in [-0.25, -0.2) is 0 Å². The van der Waals surface area contributed by atoms with E-state index in [-0.39, 0.29) is 5.91 Å². The molecule has 0 radical (unpaired) electrons. The number of carbonyl (C=O) groups is 1. The molecule has 2 heterocycles. The third kappa shape index (κ3) is 3.16. The summed E-state index contributed by atoms with van der Waals surface area (Å²) < 4.78 is 16.6. The number of amides is 1. The van der Waals surface area contributed by atoms with Gasteiger partial charge in [-0.2, -0.15) is 0 Å². The van der Waals surface area contributed by atoms with Crippen molar-refractivity contribution in [2.45, 2.75) is 6.54 Å². The highest BCUT2D eigenvalue weighted by molar-refractivity contribution is 5.98. The summed E-state index contributed by atoms with van der Waals surface area (Å²) in [6.45, 7) is 1.55. The van der Waals surface area contributed by atoms with E-state index in [9.17, 15) is 4.79 Å². The molecule has 0 N–H and O–H groups in total. The first-order valence-corrected chi connectivity index (χ1v) is 8.49. The first-order valence-electron chi connectivity index (χ1n) is 8.49. The topological polar surface area (TPSA) is 51.9 Å². The second kappa shape index (κ2) is 6.96. The van der Waals surface area contributed by atoms with E-state index in [1.54, 1.807) is 18.2 Å². The van der Waals surface area contributed by atoms with Crippen molar-refractivity contribution in [3.05, 3.63) is 72.2 Å². The molecule has 26 heavy (non-hydrogen) atoms. The van der Waals surface area contributed by atoms with Crippen molar-refractivity contribution in [2.75, 3.05) is 20.3 Å². The Morgan fingerprint density at radius 3 is 2.58 bits per heavy atom. The molecule has 5 heteroatoms. The van der Waals surface area contributed by atoms with Crippen LogP contribution in [0.5, 0.6) is 11.5 Å². The van der Waals surface area contributed by atoms with Crippen LogP contribution in [-0.2, 0) is 6.54 Å². The standard InChI is InChI=1S/C21H19NO4/c1-22(14-15-7-8-18-19(13-15)25-12-11-24-18)21(23)20-17(9-10-26-20)16-5-3-2-4-6-16/h2-10,13H,11-12,14H2,1H3. The molecule has 1 aliphatic rings. The van der Waals surface area contributed by atoms with Gasteiger partial charge in [0, 0.05) is 19.2 Å². The van der Waals surface area contributed by atoms with Gasteiger partial charge < -0.3 is 18.8 Å². The zero-order valence-electron chi connectivity index (χ0n) is 14.5. The molecule has 0 bridgehead atoms. The molecule has 0 aliphatic carbocycles. The lowest BCUT2D eigenvalue weighted by atomic mass is 10.1. The smallest absolute Gasteiger partial charge is 0.290 e. The van der Waals surface area contributed by atoms with Crippen LogP contribution in [0.1, 0.15) is 16.1 Å². The molecular formula is C21H19NO4. The van der Waals surface area contributed by atoms with E-state index in [4.69, 9.17) is 13.9 Å². The Kier molecular flexibility index (Phi) is 4.35. The van der Waals surface area contributed by atoms with Gasteiger partial charge in [-0.15, -0.1) is 0 Å². The van der Waals surface area contributed by atoms with Gasteiger partial charge in [0.2, 0.25) is 0 Å². The van der Waals surface area contributed by atoms with Crippen LogP contribution in [-0.4, -0.2) is 31.1 Å². The Hall–Kier alpha value is -3.21. The monoisotopic (exact) mass is 349 g/mol. The Bertz CT molecular complexity index is 917. The van der Waals surface area contributed by atoms with Crippen molar-refractivity contribution >= 4 is 5.91 Å². The van der Waals surface area contributed by atoms with E-state index in [0.717, 1.165) is 28.2 Å². The number of nitrogens with zero attached hydrogens (tertiary/aromatic N) is 1. The van der Waals surface area contributed by atoms with Gasteiger partial charge in [0.05, 0.1) is 6.26 Å². The van der Waals surface area contributed by atoms with Gasteiger partial charge >= 0.3 is 0 Å². The molecule has 0 saturated carbocycles. The molecular weight excluding hydrogens is 330 g/mol. The highest BCUT2D eigenvalue weighted by Crippen LogP contribution is 2.31. The van der Waals surface area contributed by atoms with Gasteiger partial charge in [-0.3, -0.25) is 4.79 Å². The normalized spacial score (nSPS) is 12.7. The Morgan fingerprint density at radius 1 is 1.00 bits per heavy atom. The number of carbonyl (C=O) groups excluding carboxylic acids is 1. The molecule has 1 amide bonds. The maximum atomic E-state index is 12.9. The van der Waals surface area contributed by atoms with Crippen LogP contribution < -0.4 is 9.47 Å². The number of ether oxygens (including phenoxy) is 2. The summed E-state index contributed by atoms with van der Waals surface area (Å²) in [5.41, 5.74) is 2.72. The Morgan fingerprint density at radius 2 is 1.77 bits per heavy atom. The maximum absolute atomic E-state index is 12.9. The predicted molar refractivity (Wildman–Crippen MR) is 97.4 cm³/mol. The van der Waals surface area contributed by atoms with Crippen molar-refractivity contribution < 1.29 is 18.7 Å². The molecule has 4 rings (SSSR count). The fourth-order valence-electron chi connectivity index (χ4n) is 3.03. The molecule has 5 nitrogen and oxygen atoms in total. The quantitative estimate of drug-likeness (QED) is 0.715. The van der Waals surface area contributed by atoms with Gasteiger partial charge in [0.1, 0.15) is 13.2 Å². The predicted octanol–water partition coefficient (Wildman–Crippen LogP) is 3.99. The number of benzene rings is 2. The minimum atomic E-state index is -0.163. The molecule has 0 fully saturated rings. The van der Waals surface area contributed by atoms with Crippen LogP contribution >= 0.6 is 0 Å². The highest BCUT2D eigenvalue weighted by Gasteiger charge is 2.21. The van der Waals surface area contributed by atoms with E-state index >= 15 is 0 Å². The minimum absolute atomic E-state index is 0.163. The zero-order valence-corrected chi connectivity index (χ0v) is 14.5. The average Bonchev–Trinajstić information content (AvgIpc) is 3.17. The van der Waals surface area contributed by atoms with Gasteiger partial charge in [-0.05, 0) is 29.3 Å². The zero-order chi connectivity index (χ0) is 17.9. The SMILES string of the molecule is CN(Cc1ccc2c(c1)OCCO2)C(=O)c1occc1-c1ccccc1. The average molecular weight is 349 g/mol. The first kappa shape index (κ1) is 16.3. The summed E-state index contributed by atoms with van der Waals surface area (Å²) in [4.78, 5) is 14.5. The second-order valence-electron chi connectivity index (χ2n) is 6.17. The third-order valence-corrected chi connectivity index (χ3v) is 4.32. The number of hydrogen-bond donors (Lipinski definition) is 0. The summed E-state index contributed by atoms with van der Waals surface area (Å²) in [6.07, 6.45) is 1.55. The summed E-state index contributed by atoms with van der Waals surface area (Å²) in [7, 11) is 1.76. The first-order chi connectivity index (χ1) is 12.7. The van der Waals surface area contributed by atoms with Crippen LogP contribution in [0.4, 0.5) is 0 Å². The molecule has 1 aromatic heterocycles. The van der Waals surface area contributed by atoms with Crippen LogP contribution in [0.2, 0.25) is 0 Å². The van der Waals surface area contributed by atoms with Crippen molar-refractivity contribution in [1.82, 2.24) is 4.90 Å². The van der Waals surface area contributed by atoms with E-state index in [1.165, 1.54) is 0 Å². The molecule has 1 aliphatic heterocycles. The minimum Gasteiger partial charge on any atom is -0.486 e. The van der Waals surface area contributed by atoms with Crippen LogP contribution in [0, 0.1) is 0 Å². The van der Waals surface area contributed by atoms with Crippen LogP contribution in [0.3, 0.4) is 0 Å². The fraction of sp³-hybridized carbons (Fsp3) is 0.190. The van der Waals surface area contributed by atoms with E-state index in [1.807, 2.05) is 54.6 Å². The number of fused-ring (bicyclic) bond motifs is 1. The molecule has 132 valence electrons. The van der Waals surface area contributed by atoms with E-state index < -0.39 is 0 Å². The van der Waals surface area contributed by atoms with Crippen molar-refractivity contribution in [3.63, 3.8) is 0 Å². The maximum Gasteiger partial charge on any atom is 0.290 e. The summed E-state index contributed by atoms with van der Waals surface area (Å²) in [5, 5.41) is 0. The molecule has 0 saturated heterocycles. The summed E-state index contributed by atoms with van der Waals surface area (Å²) in [6, 6.07) is 17.3.